The van der Waals surface area contributed by atoms with Crippen LogP contribution in [0.15, 0.2) is 48.7 Å². The number of aromatic nitrogens is 2. The average molecular weight is 237 g/mol. The lowest BCUT2D eigenvalue weighted by Crippen LogP contribution is -1.97. The Morgan fingerprint density at radius 1 is 1.17 bits per heavy atom. The summed E-state index contributed by atoms with van der Waals surface area (Å²) >= 11 is 0. The molecule has 2 N–H and O–H groups in total. The van der Waals surface area contributed by atoms with Gasteiger partial charge in [-0.15, -0.1) is 0 Å². The Hall–Kier alpha value is -2.13. The quantitative estimate of drug-likeness (QED) is 0.744. The minimum Gasteiger partial charge on any atom is -0.326 e. The number of hydrogen-bond donors (Lipinski definition) is 1. The molecule has 0 fully saturated rings. The van der Waals surface area contributed by atoms with Crippen LogP contribution in [0.25, 0.3) is 16.9 Å². The molecular weight excluding hydrogens is 222 g/mol. The molecule has 2 heterocycles. The zero-order valence-electron chi connectivity index (χ0n) is 10.3. The molecule has 2 aromatic heterocycles. The smallest absolute Gasteiger partial charge is 0.137 e. The van der Waals surface area contributed by atoms with Gasteiger partial charge in [-0.3, -0.25) is 4.40 Å². The van der Waals surface area contributed by atoms with Gasteiger partial charge in [0.25, 0.3) is 0 Å². The largest absolute Gasteiger partial charge is 0.326 e. The summed E-state index contributed by atoms with van der Waals surface area (Å²) in [6, 6.07) is 14.4. The number of pyridine rings is 1. The molecule has 90 valence electrons. The molecule has 0 bridgehead atoms. The lowest BCUT2D eigenvalue weighted by atomic mass is 10.1. The van der Waals surface area contributed by atoms with Gasteiger partial charge < -0.3 is 5.73 Å². The van der Waals surface area contributed by atoms with Crippen molar-refractivity contribution in [1.29, 1.82) is 0 Å². The zero-order chi connectivity index (χ0) is 12.5. The molecule has 1 aromatic carbocycles. The Bertz CT molecular complexity index is 684. The van der Waals surface area contributed by atoms with Crippen LogP contribution in [0, 0.1) is 6.92 Å². The molecule has 3 aromatic rings. The Balaban J connectivity index is 2.27. The van der Waals surface area contributed by atoms with Crippen molar-refractivity contribution in [2.75, 3.05) is 0 Å². The highest BCUT2D eigenvalue weighted by molar-refractivity contribution is 5.67. The van der Waals surface area contributed by atoms with Crippen LogP contribution < -0.4 is 5.73 Å². The van der Waals surface area contributed by atoms with E-state index in [0.717, 1.165) is 22.6 Å². The van der Waals surface area contributed by atoms with E-state index in [9.17, 15) is 0 Å². The number of aryl methyl sites for hydroxylation is 1. The average Bonchev–Trinajstić information content (AvgIpc) is 2.74. The minimum absolute atomic E-state index is 0.545. The SMILES string of the molecule is Cc1nc2cc(CN)ccn2c1-c1ccccc1. The first-order valence-electron chi connectivity index (χ1n) is 6.02. The van der Waals surface area contributed by atoms with E-state index >= 15 is 0 Å². The standard InChI is InChI=1S/C15H15N3/c1-11-15(13-5-3-2-4-6-13)18-8-7-12(10-16)9-14(18)17-11/h2-9H,10,16H2,1H3. The number of hydrogen-bond acceptors (Lipinski definition) is 2. The number of nitrogens with zero attached hydrogens (tertiary/aromatic N) is 2. The Labute approximate surface area is 106 Å². The first-order valence-corrected chi connectivity index (χ1v) is 6.02. The minimum atomic E-state index is 0.545. The van der Waals surface area contributed by atoms with Crippen molar-refractivity contribution < 1.29 is 0 Å². The van der Waals surface area contributed by atoms with Crippen molar-refractivity contribution in [2.24, 2.45) is 5.73 Å². The molecule has 0 amide bonds. The van der Waals surface area contributed by atoms with Gasteiger partial charge >= 0.3 is 0 Å². The third-order valence-electron chi connectivity index (χ3n) is 3.15. The highest BCUT2D eigenvalue weighted by Crippen LogP contribution is 2.24. The van der Waals surface area contributed by atoms with Crippen LogP contribution in [-0.2, 0) is 6.54 Å². The predicted molar refractivity (Wildman–Crippen MR) is 73.3 cm³/mol. The highest BCUT2D eigenvalue weighted by Gasteiger charge is 2.10. The van der Waals surface area contributed by atoms with E-state index in [1.165, 1.54) is 5.56 Å². The zero-order valence-corrected chi connectivity index (χ0v) is 10.3. The van der Waals surface area contributed by atoms with Gasteiger partial charge in [-0.2, -0.15) is 0 Å². The van der Waals surface area contributed by atoms with Crippen molar-refractivity contribution in [2.45, 2.75) is 13.5 Å². The molecule has 0 aliphatic heterocycles. The van der Waals surface area contributed by atoms with E-state index in [4.69, 9.17) is 5.73 Å². The number of rotatable bonds is 2. The lowest BCUT2D eigenvalue weighted by molar-refractivity contribution is 1.05. The molecule has 3 rings (SSSR count). The summed E-state index contributed by atoms with van der Waals surface area (Å²) in [5.74, 6) is 0. The van der Waals surface area contributed by atoms with Gasteiger partial charge in [-0.1, -0.05) is 30.3 Å². The number of fused-ring (bicyclic) bond motifs is 1. The summed E-state index contributed by atoms with van der Waals surface area (Å²) in [7, 11) is 0. The molecule has 0 unspecified atom stereocenters. The second-order valence-corrected chi connectivity index (χ2v) is 4.38. The van der Waals surface area contributed by atoms with E-state index in [1.54, 1.807) is 0 Å². The Morgan fingerprint density at radius 3 is 2.67 bits per heavy atom. The summed E-state index contributed by atoms with van der Waals surface area (Å²) in [5, 5.41) is 0. The van der Waals surface area contributed by atoms with Gasteiger partial charge in [0, 0.05) is 18.3 Å². The fourth-order valence-corrected chi connectivity index (χ4v) is 2.28. The topological polar surface area (TPSA) is 43.3 Å². The first-order chi connectivity index (χ1) is 8.79. The van der Waals surface area contributed by atoms with Gasteiger partial charge in [0.05, 0.1) is 11.4 Å². The molecule has 0 aliphatic rings. The molecular formula is C15H15N3. The van der Waals surface area contributed by atoms with E-state index in [-0.39, 0.29) is 0 Å². The van der Waals surface area contributed by atoms with Crippen LogP contribution in [0.2, 0.25) is 0 Å². The lowest BCUT2D eigenvalue weighted by Gasteiger charge is -2.04. The summed E-state index contributed by atoms with van der Waals surface area (Å²) in [6.07, 6.45) is 2.04. The Morgan fingerprint density at radius 2 is 1.94 bits per heavy atom. The summed E-state index contributed by atoms with van der Waals surface area (Å²) < 4.78 is 2.11. The highest BCUT2D eigenvalue weighted by atomic mass is 15.0. The van der Waals surface area contributed by atoms with Crippen LogP contribution in [0.5, 0.6) is 0 Å². The van der Waals surface area contributed by atoms with Gasteiger partial charge in [0.15, 0.2) is 0 Å². The van der Waals surface area contributed by atoms with Crippen LogP contribution in [0.4, 0.5) is 0 Å². The fourth-order valence-electron chi connectivity index (χ4n) is 2.28. The molecule has 0 atom stereocenters. The molecule has 3 heteroatoms. The summed E-state index contributed by atoms with van der Waals surface area (Å²) in [5.41, 5.74) is 11.1. The van der Waals surface area contributed by atoms with Crippen LogP contribution in [0.1, 0.15) is 11.3 Å². The molecule has 3 nitrogen and oxygen atoms in total. The van der Waals surface area contributed by atoms with Crippen molar-refractivity contribution in [1.82, 2.24) is 9.38 Å². The summed E-state index contributed by atoms with van der Waals surface area (Å²) in [6.45, 7) is 2.58. The van der Waals surface area contributed by atoms with Crippen molar-refractivity contribution >= 4 is 5.65 Å². The monoisotopic (exact) mass is 237 g/mol. The number of benzene rings is 1. The molecule has 18 heavy (non-hydrogen) atoms. The molecule has 0 saturated carbocycles. The normalized spacial score (nSPS) is 11.0. The van der Waals surface area contributed by atoms with Crippen molar-refractivity contribution in [3.63, 3.8) is 0 Å². The number of nitrogens with two attached hydrogens (primary N) is 1. The second kappa shape index (κ2) is 4.27. The Kier molecular flexibility index (Phi) is 2.61. The maximum Gasteiger partial charge on any atom is 0.137 e. The van der Waals surface area contributed by atoms with E-state index in [2.05, 4.69) is 21.5 Å². The predicted octanol–water partition coefficient (Wildman–Crippen LogP) is 2.77. The summed E-state index contributed by atoms with van der Waals surface area (Å²) in [4.78, 5) is 4.61. The van der Waals surface area contributed by atoms with E-state index < -0.39 is 0 Å². The van der Waals surface area contributed by atoms with E-state index in [0.29, 0.717) is 6.54 Å². The second-order valence-electron chi connectivity index (χ2n) is 4.38. The van der Waals surface area contributed by atoms with Gasteiger partial charge in [0.1, 0.15) is 5.65 Å². The van der Waals surface area contributed by atoms with Crippen molar-refractivity contribution in [3.05, 3.63) is 59.9 Å². The van der Waals surface area contributed by atoms with Crippen molar-refractivity contribution in [3.8, 4) is 11.3 Å². The van der Waals surface area contributed by atoms with Gasteiger partial charge in [0.2, 0.25) is 0 Å². The fraction of sp³-hybridized carbons (Fsp3) is 0.133. The third kappa shape index (κ3) is 1.69. The van der Waals surface area contributed by atoms with E-state index in [1.807, 2.05) is 43.5 Å². The molecule has 0 radical (unpaired) electrons. The molecule has 0 spiro atoms. The maximum atomic E-state index is 5.66. The number of imidazole rings is 1. The molecule has 0 aliphatic carbocycles. The first kappa shape index (κ1) is 11.0. The van der Waals surface area contributed by atoms with Crippen LogP contribution >= 0.6 is 0 Å². The maximum absolute atomic E-state index is 5.66. The van der Waals surface area contributed by atoms with Crippen LogP contribution in [-0.4, -0.2) is 9.38 Å². The van der Waals surface area contributed by atoms with Gasteiger partial charge in [-0.05, 0) is 24.6 Å². The molecule has 0 saturated heterocycles. The third-order valence-corrected chi connectivity index (χ3v) is 3.15. The van der Waals surface area contributed by atoms with Crippen LogP contribution in [0.3, 0.4) is 0 Å². The van der Waals surface area contributed by atoms with Gasteiger partial charge in [-0.25, -0.2) is 4.98 Å².